The van der Waals surface area contributed by atoms with Crippen LogP contribution in [0, 0.1) is 5.82 Å². The molecule has 0 bridgehead atoms. The van der Waals surface area contributed by atoms with Gasteiger partial charge in [-0.05, 0) is 61.5 Å². The predicted octanol–water partition coefficient (Wildman–Crippen LogP) is 6.50. The molecular formula is C22H17Cl2FN2O2S. The van der Waals surface area contributed by atoms with Crippen LogP contribution in [0.15, 0.2) is 71.6 Å². The van der Waals surface area contributed by atoms with Crippen molar-refractivity contribution in [1.29, 1.82) is 0 Å². The zero-order valence-corrected chi connectivity index (χ0v) is 18.1. The zero-order valence-electron chi connectivity index (χ0n) is 15.8. The Morgan fingerprint density at radius 3 is 2.40 bits per heavy atom. The van der Waals surface area contributed by atoms with Crippen molar-refractivity contribution in [3.8, 4) is 0 Å². The van der Waals surface area contributed by atoms with E-state index in [0.717, 1.165) is 4.90 Å². The van der Waals surface area contributed by atoms with Gasteiger partial charge in [0.2, 0.25) is 5.91 Å². The van der Waals surface area contributed by atoms with E-state index in [1.54, 1.807) is 49.4 Å². The molecule has 3 aromatic carbocycles. The predicted molar refractivity (Wildman–Crippen MR) is 121 cm³/mol. The number of amides is 2. The van der Waals surface area contributed by atoms with Gasteiger partial charge in [0.25, 0.3) is 5.91 Å². The van der Waals surface area contributed by atoms with Crippen molar-refractivity contribution in [1.82, 2.24) is 0 Å². The van der Waals surface area contributed by atoms with Crippen LogP contribution in [0.5, 0.6) is 0 Å². The van der Waals surface area contributed by atoms with E-state index in [9.17, 15) is 14.0 Å². The largest absolute Gasteiger partial charge is 0.325 e. The summed E-state index contributed by atoms with van der Waals surface area (Å²) in [5, 5.41) is 5.51. The molecule has 8 heteroatoms. The van der Waals surface area contributed by atoms with Gasteiger partial charge in [-0.15, -0.1) is 11.8 Å². The van der Waals surface area contributed by atoms with Crippen molar-refractivity contribution in [3.63, 3.8) is 0 Å². The molecule has 0 radical (unpaired) electrons. The van der Waals surface area contributed by atoms with Gasteiger partial charge in [-0.25, -0.2) is 4.39 Å². The first-order valence-electron chi connectivity index (χ1n) is 8.91. The van der Waals surface area contributed by atoms with Crippen LogP contribution < -0.4 is 10.6 Å². The van der Waals surface area contributed by atoms with Crippen molar-refractivity contribution < 1.29 is 14.0 Å². The maximum atomic E-state index is 13.3. The van der Waals surface area contributed by atoms with Gasteiger partial charge in [-0.3, -0.25) is 9.59 Å². The molecule has 0 aliphatic carbocycles. The van der Waals surface area contributed by atoms with E-state index in [-0.39, 0.29) is 16.8 Å². The van der Waals surface area contributed by atoms with Crippen LogP contribution in [0.3, 0.4) is 0 Å². The van der Waals surface area contributed by atoms with Gasteiger partial charge in [0.05, 0.1) is 10.3 Å². The molecule has 1 atom stereocenters. The van der Waals surface area contributed by atoms with Crippen LogP contribution in [-0.2, 0) is 4.79 Å². The van der Waals surface area contributed by atoms with Crippen LogP contribution in [0.1, 0.15) is 17.3 Å². The first kappa shape index (κ1) is 22.2. The second-order valence-corrected chi connectivity index (χ2v) is 8.63. The van der Waals surface area contributed by atoms with Crippen molar-refractivity contribution >= 4 is 58.2 Å². The molecule has 4 nitrogen and oxygen atoms in total. The molecule has 0 spiro atoms. The lowest BCUT2D eigenvalue weighted by Crippen LogP contribution is -2.22. The molecule has 0 fully saturated rings. The number of hydrogen-bond acceptors (Lipinski definition) is 3. The van der Waals surface area contributed by atoms with E-state index in [1.807, 2.05) is 6.07 Å². The van der Waals surface area contributed by atoms with E-state index in [2.05, 4.69) is 10.6 Å². The van der Waals surface area contributed by atoms with E-state index in [4.69, 9.17) is 23.2 Å². The Balaban J connectivity index is 1.63. The normalized spacial score (nSPS) is 11.6. The van der Waals surface area contributed by atoms with Crippen LogP contribution >= 0.6 is 35.0 Å². The number of nitrogens with one attached hydrogen (secondary N) is 2. The molecule has 2 amide bonds. The van der Waals surface area contributed by atoms with E-state index >= 15 is 0 Å². The molecule has 0 aliphatic heterocycles. The first-order valence-corrected chi connectivity index (χ1v) is 10.5. The minimum Gasteiger partial charge on any atom is -0.325 e. The summed E-state index contributed by atoms with van der Waals surface area (Å²) in [5.41, 5.74) is 1.47. The van der Waals surface area contributed by atoms with Crippen molar-refractivity contribution in [2.45, 2.75) is 17.1 Å². The lowest BCUT2D eigenvalue weighted by molar-refractivity contribution is -0.115. The highest BCUT2D eigenvalue weighted by atomic mass is 35.5. The number of rotatable bonds is 6. The Hall–Kier alpha value is -2.54. The topological polar surface area (TPSA) is 58.2 Å². The number of benzene rings is 3. The number of thioether (sulfide) groups is 1. The summed E-state index contributed by atoms with van der Waals surface area (Å²) in [6.07, 6.45) is 0. The molecule has 3 rings (SSSR count). The summed E-state index contributed by atoms with van der Waals surface area (Å²) < 4.78 is 13.3. The average molecular weight is 463 g/mol. The Morgan fingerprint density at radius 1 is 0.933 bits per heavy atom. The Bertz CT molecular complexity index is 1090. The summed E-state index contributed by atoms with van der Waals surface area (Å²) in [6.45, 7) is 1.75. The Morgan fingerprint density at radius 2 is 1.67 bits per heavy atom. The highest BCUT2D eigenvalue weighted by Gasteiger charge is 2.16. The van der Waals surface area contributed by atoms with Gasteiger partial charge < -0.3 is 10.6 Å². The number of halogens is 3. The molecule has 2 N–H and O–H groups in total. The molecule has 0 aromatic heterocycles. The lowest BCUT2D eigenvalue weighted by atomic mass is 10.2. The molecule has 0 saturated heterocycles. The summed E-state index contributed by atoms with van der Waals surface area (Å²) in [7, 11) is 0. The van der Waals surface area contributed by atoms with Crippen LogP contribution in [-0.4, -0.2) is 17.1 Å². The molecule has 3 aromatic rings. The highest BCUT2D eigenvalue weighted by molar-refractivity contribution is 8.00. The molecule has 30 heavy (non-hydrogen) atoms. The SMILES string of the molecule is CC(Sc1cccc(NC(=O)c2cccc(Cl)c2)c1)C(=O)Nc1ccc(F)c(Cl)c1. The molecule has 0 saturated carbocycles. The highest BCUT2D eigenvalue weighted by Crippen LogP contribution is 2.27. The zero-order chi connectivity index (χ0) is 21.7. The maximum Gasteiger partial charge on any atom is 0.255 e. The monoisotopic (exact) mass is 462 g/mol. The third kappa shape index (κ3) is 5.98. The van der Waals surface area contributed by atoms with E-state index < -0.39 is 11.1 Å². The molecular weight excluding hydrogens is 446 g/mol. The maximum absolute atomic E-state index is 13.3. The number of anilines is 2. The van der Waals surface area contributed by atoms with E-state index in [0.29, 0.717) is 22.0 Å². The molecule has 1 unspecified atom stereocenters. The van der Waals surface area contributed by atoms with Crippen LogP contribution in [0.25, 0.3) is 0 Å². The average Bonchev–Trinajstić information content (AvgIpc) is 2.71. The summed E-state index contributed by atoms with van der Waals surface area (Å²) in [5.74, 6) is -1.08. The van der Waals surface area contributed by atoms with Gasteiger partial charge in [-0.2, -0.15) is 0 Å². The summed E-state index contributed by atoms with van der Waals surface area (Å²) in [4.78, 5) is 25.6. The first-order chi connectivity index (χ1) is 14.3. The number of hydrogen-bond donors (Lipinski definition) is 2. The van der Waals surface area contributed by atoms with Gasteiger partial charge in [0, 0.05) is 26.9 Å². The van der Waals surface area contributed by atoms with Gasteiger partial charge in [0.15, 0.2) is 0 Å². The minimum atomic E-state index is -0.547. The fraction of sp³-hybridized carbons (Fsp3) is 0.0909. The van der Waals surface area contributed by atoms with Crippen molar-refractivity contribution in [3.05, 3.63) is 88.2 Å². The van der Waals surface area contributed by atoms with Crippen LogP contribution in [0.2, 0.25) is 10.0 Å². The number of carbonyl (C=O) groups is 2. The molecule has 0 aliphatic rings. The van der Waals surface area contributed by atoms with Gasteiger partial charge in [-0.1, -0.05) is 35.3 Å². The quantitative estimate of drug-likeness (QED) is 0.410. The minimum absolute atomic E-state index is 0.0590. The molecule has 0 heterocycles. The van der Waals surface area contributed by atoms with Crippen LogP contribution in [0.4, 0.5) is 15.8 Å². The van der Waals surface area contributed by atoms with Gasteiger partial charge >= 0.3 is 0 Å². The van der Waals surface area contributed by atoms with Gasteiger partial charge in [0.1, 0.15) is 5.82 Å². The van der Waals surface area contributed by atoms with Crippen molar-refractivity contribution in [2.75, 3.05) is 10.6 Å². The lowest BCUT2D eigenvalue weighted by Gasteiger charge is -2.13. The smallest absolute Gasteiger partial charge is 0.255 e. The molecule has 154 valence electrons. The second kappa shape index (κ2) is 9.98. The third-order valence-electron chi connectivity index (χ3n) is 4.05. The second-order valence-electron chi connectivity index (χ2n) is 6.37. The third-order valence-corrected chi connectivity index (χ3v) is 5.67. The Kier molecular flexibility index (Phi) is 7.37. The van der Waals surface area contributed by atoms with Crippen molar-refractivity contribution in [2.24, 2.45) is 0 Å². The summed E-state index contributed by atoms with van der Waals surface area (Å²) >= 11 is 13.0. The standard InChI is InChI=1S/C22H17Cl2FN2O2S/c1-13(21(28)26-17-8-9-20(25)19(24)12-17)30-18-7-3-6-16(11-18)27-22(29)14-4-2-5-15(23)10-14/h2-13H,1H3,(H,26,28)(H,27,29). The Labute approximate surface area is 187 Å². The summed E-state index contributed by atoms with van der Waals surface area (Å²) in [6, 6.07) is 17.8. The fourth-order valence-electron chi connectivity index (χ4n) is 2.56. The number of carbonyl (C=O) groups excluding carboxylic acids is 2. The fourth-order valence-corrected chi connectivity index (χ4v) is 3.85. The van der Waals surface area contributed by atoms with E-state index in [1.165, 1.54) is 30.0 Å².